The molecule has 4 nitrogen and oxygen atoms in total. The van der Waals surface area contributed by atoms with Crippen molar-refractivity contribution in [1.29, 1.82) is 0 Å². The Labute approximate surface area is 213 Å². The van der Waals surface area contributed by atoms with Crippen molar-refractivity contribution in [3.05, 3.63) is 118 Å². The van der Waals surface area contributed by atoms with E-state index in [0.717, 1.165) is 22.4 Å². The molecule has 5 aromatic rings. The fraction of sp³-hybridized carbons (Fsp3) is 0.0345. The zero-order valence-corrected chi connectivity index (χ0v) is 19.6. The number of benzene rings is 4. The normalized spacial score (nSPS) is 11.9. The minimum Gasteiger partial charge on any atom is -0.450 e. The zero-order chi connectivity index (χ0) is 26.2. The maximum absolute atomic E-state index is 13.9. The van der Waals surface area contributed by atoms with Crippen LogP contribution in [0.15, 0.2) is 100 Å². The van der Waals surface area contributed by atoms with E-state index in [2.05, 4.69) is 0 Å². The molecule has 0 atom stereocenters. The molecule has 0 spiro atoms. The first kappa shape index (κ1) is 24.3. The first-order chi connectivity index (χ1) is 17.7. The van der Waals surface area contributed by atoms with Crippen LogP contribution in [0.25, 0.3) is 38.9 Å². The summed E-state index contributed by atoms with van der Waals surface area (Å²) in [5, 5.41) is 1.80. The van der Waals surface area contributed by atoms with Crippen LogP contribution in [0.4, 0.5) is 13.2 Å². The monoisotopic (exact) mass is 520 g/mol. The van der Waals surface area contributed by atoms with Gasteiger partial charge in [-0.2, -0.15) is 13.2 Å². The average molecular weight is 521 g/mol. The van der Waals surface area contributed by atoms with E-state index in [-0.39, 0.29) is 27.3 Å². The summed E-state index contributed by atoms with van der Waals surface area (Å²) in [6.45, 7) is 0. The number of carbonyl (C=O) groups excluding carboxylic acids is 1. The predicted octanol–water partition coefficient (Wildman–Crippen LogP) is 7.90. The van der Waals surface area contributed by atoms with Gasteiger partial charge in [-0.25, -0.2) is 4.79 Å². The number of esters is 1. The van der Waals surface area contributed by atoms with Gasteiger partial charge in [0.25, 0.3) is 0 Å². The minimum absolute atomic E-state index is 0.0248. The van der Waals surface area contributed by atoms with Crippen LogP contribution in [-0.2, 0) is 11.0 Å². The fourth-order valence-corrected chi connectivity index (χ4v) is 4.28. The second-order valence-corrected chi connectivity index (χ2v) is 8.50. The lowest BCUT2D eigenvalue weighted by atomic mass is 10.0. The molecule has 0 radical (unpaired) electrons. The first-order valence-electron chi connectivity index (χ1n) is 11.0. The summed E-state index contributed by atoms with van der Waals surface area (Å²) in [6.07, 6.45) is -2.18. The van der Waals surface area contributed by atoms with Crippen molar-refractivity contribution in [2.24, 2.45) is 0 Å². The number of rotatable bonds is 4. The largest absolute Gasteiger partial charge is 0.450 e. The highest BCUT2D eigenvalue weighted by Gasteiger charge is 2.39. The summed E-state index contributed by atoms with van der Waals surface area (Å²) in [7, 11) is 0. The molecular formula is C29H16ClF3O4. The number of fused-ring (bicyclic) bond motifs is 2. The number of carbonyl (C=O) groups is 1. The lowest BCUT2D eigenvalue weighted by Gasteiger charge is -2.14. The first-order valence-corrected chi connectivity index (χ1v) is 11.4. The van der Waals surface area contributed by atoms with Crippen LogP contribution in [0, 0.1) is 0 Å². The molecular weight excluding hydrogens is 505 g/mol. The van der Waals surface area contributed by atoms with Gasteiger partial charge in [0.2, 0.25) is 11.2 Å². The van der Waals surface area contributed by atoms with Crippen LogP contribution >= 0.6 is 11.6 Å². The third-order valence-corrected chi connectivity index (χ3v) is 6.03. The molecule has 1 aromatic heterocycles. The zero-order valence-electron chi connectivity index (χ0n) is 18.9. The van der Waals surface area contributed by atoms with Crippen LogP contribution in [0.3, 0.4) is 0 Å². The van der Waals surface area contributed by atoms with Gasteiger partial charge >= 0.3 is 12.1 Å². The molecule has 184 valence electrons. The van der Waals surface area contributed by atoms with E-state index in [1.807, 2.05) is 42.5 Å². The van der Waals surface area contributed by atoms with E-state index < -0.39 is 28.9 Å². The summed E-state index contributed by atoms with van der Waals surface area (Å²) in [5.41, 5.74) is -1.28. The Bertz CT molecular complexity index is 1750. The molecule has 0 saturated carbocycles. The Morgan fingerprint density at radius 3 is 2.41 bits per heavy atom. The SMILES string of the molecule is O=C(C=Cc1cccc2ccccc12)Oc1ccc2c(=O)c(-c3ccccc3Cl)c(C(F)(F)F)oc2c1. The van der Waals surface area contributed by atoms with Crippen molar-refractivity contribution >= 4 is 45.4 Å². The maximum atomic E-state index is 13.9. The Morgan fingerprint density at radius 2 is 1.62 bits per heavy atom. The minimum atomic E-state index is -4.98. The number of halogens is 4. The molecule has 0 bridgehead atoms. The third-order valence-electron chi connectivity index (χ3n) is 5.71. The van der Waals surface area contributed by atoms with E-state index in [0.29, 0.717) is 0 Å². The fourth-order valence-electron chi connectivity index (χ4n) is 4.05. The van der Waals surface area contributed by atoms with Crippen LogP contribution < -0.4 is 10.2 Å². The smallest absolute Gasteiger partial charge is 0.450 e. The number of hydrogen-bond acceptors (Lipinski definition) is 4. The van der Waals surface area contributed by atoms with E-state index in [9.17, 15) is 22.8 Å². The van der Waals surface area contributed by atoms with Crippen LogP contribution in [-0.4, -0.2) is 5.97 Å². The van der Waals surface area contributed by atoms with E-state index in [1.54, 1.807) is 6.08 Å². The summed E-state index contributed by atoms with van der Waals surface area (Å²) < 4.78 is 52.1. The van der Waals surface area contributed by atoms with Crippen LogP contribution in [0.5, 0.6) is 5.75 Å². The summed E-state index contributed by atoms with van der Waals surface area (Å²) in [5.74, 6) is -2.32. The van der Waals surface area contributed by atoms with E-state index in [4.69, 9.17) is 20.8 Å². The molecule has 0 aliphatic carbocycles. The van der Waals surface area contributed by atoms with Gasteiger partial charge in [-0.15, -0.1) is 0 Å². The van der Waals surface area contributed by atoms with Gasteiger partial charge < -0.3 is 9.15 Å². The lowest BCUT2D eigenvalue weighted by Crippen LogP contribution is -2.16. The van der Waals surface area contributed by atoms with Crippen molar-refractivity contribution in [3.63, 3.8) is 0 Å². The second kappa shape index (κ2) is 9.59. The number of alkyl halides is 3. The Morgan fingerprint density at radius 1 is 0.892 bits per heavy atom. The molecule has 5 rings (SSSR count). The van der Waals surface area contributed by atoms with Gasteiger partial charge in [0, 0.05) is 22.7 Å². The lowest BCUT2D eigenvalue weighted by molar-refractivity contribution is -0.152. The Balaban J connectivity index is 1.50. The summed E-state index contributed by atoms with van der Waals surface area (Å²) >= 11 is 6.08. The van der Waals surface area contributed by atoms with Crippen molar-refractivity contribution in [2.45, 2.75) is 6.18 Å². The van der Waals surface area contributed by atoms with E-state index >= 15 is 0 Å². The average Bonchev–Trinajstić information content (AvgIpc) is 2.87. The maximum Gasteiger partial charge on any atom is 0.450 e. The molecule has 0 unspecified atom stereocenters. The van der Waals surface area contributed by atoms with Crippen molar-refractivity contribution in [1.82, 2.24) is 0 Å². The van der Waals surface area contributed by atoms with E-state index in [1.165, 1.54) is 42.5 Å². The number of ether oxygens (including phenoxy) is 1. The molecule has 0 aliphatic rings. The van der Waals surface area contributed by atoms with Gasteiger partial charge in [0.05, 0.1) is 10.9 Å². The highest BCUT2D eigenvalue weighted by Crippen LogP contribution is 2.39. The molecule has 0 aliphatic heterocycles. The topological polar surface area (TPSA) is 56.5 Å². The van der Waals surface area contributed by atoms with Crippen LogP contribution in [0.1, 0.15) is 11.3 Å². The second-order valence-electron chi connectivity index (χ2n) is 8.09. The standard InChI is InChI=1S/C29H16ClF3O4/c30-23-11-4-3-10-21(23)26-27(35)22-14-13-19(16-24(22)37-28(26)29(31,32)33)36-25(34)15-12-18-8-5-7-17-6-1-2-9-20(17)18/h1-16H. The van der Waals surface area contributed by atoms with Crippen molar-refractivity contribution in [3.8, 4) is 16.9 Å². The molecule has 8 heteroatoms. The summed E-state index contributed by atoms with van der Waals surface area (Å²) in [6, 6.07) is 22.6. The molecule has 0 fully saturated rings. The molecule has 1 heterocycles. The highest BCUT2D eigenvalue weighted by molar-refractivity contribution is 6.33. The van der Waals surface area contributed by atoms with Gasteiger partial charge in [-0.05, 0) is 40.6 Å². The molecule has 0 N–H and O–H groups in total. The molecule has 4 aromatic carbocycles. The van der Waals surface area contributed by atoms with Crippen molar-refractivity contribution < 1.29 is 27.1 Å². The summed E-state index contributed by atoms with van der Waals surface area (Å²) in [4.78, 5) is 25.5. The van der Waals surface area contributed by atoms with Gasteiger partial charge in [0.1, 0.15) is 11.3 Å². The third kappa shape index (κ3) is 4.86. The Hall–Kier alpha value is -4.36. The van der Waals surface area contributed by atoms with Gasteiger partial charge in [-0.3, -0.25) is 4.79 Å². The highest BCUT2D eigenvalue weighted by atomic mass is 35.5. The quantitative estimate of drug-likeness (QED) is 0.137. The van der Waals surface area contributed by atoms with Crippen LogP contribution in [0.2, 0.25) is 5.02 Å². The Kier molecular flexibility index (Phi) is 6.31. The predicted molar refractivity (Wildman–Crippen MR) is 137 cm³/mol. The molecule has 37 heavy (non-hydrogen) atoms. The molecule has 0 amide bonds. The number of hydrogen-bond donors (Lipinski definition) is 0. The van der Waals surface area contributed by atoms with Gasteiger partial charge in [0.15, 0.2) is 0 Å². The van der Waals surface area contributed by atoms with Crippen molar-refractivity contribution in [2.75, 3.05) is 0 Å². The van der Waals surface area contributed by atoms with Gasteiger partial charge in [-0.1, -0.05) is 72.3 Å². The molecule has 0 saturated heterocycles.